The second-order valence-electron chi connectivity index (χ2n) is 2.40. The third-order valence-corrected chi connectivity index (χ3v) is 1.38. The van der Waals surface area contributed by atoms with E-state index in [0.29, 0.717) is 6.54 Å². The monoisotopic (exact) mass is 209 g/mol. The fourth-order valence-electron chi connectivity index (χ4n) is 0.822. The first-order valence-electron chi connectivity index (χ1n) is 5.57. The van der Waals surface area contributed by atoms with Crippen molar-refractivity contribution in [2.45, 2.75) is 41.2 Å². The van der Waals surface area contributed by atoms with Gasteiger partial charge in [0.15, 0.2) is 0 Å². The number of carbonyl (C=O) groups excluding carboxylic acids is 1. The average molecular weight is 209 g/mol. The van der Waals surface area contributed by atoms with Crippen LogP contribution in [0.4, 0.5) is 0 Å². The quantitative estimate of drug-likeness (QED) is 0.795. The van der Waals surface area contributed by atoms with Gasteiger partial charge in [0.2, 0.25) is 5.91 Å². The van der Waals surface area contributed by atoms with Gasteiger partial charge in [-0.3, -0.25) is 4.79 Å². The van der Waals surface area contributed by atoms with Gasteiger partial charge in [-0.15, -0.1) is 0 Å². The maximum Gasteiger partial charge on any atom is 0.217 e. The third kappa shape index (κ3) is 10.6. The highest BCUT2D eigenvalue weighted by molar-refractivity contribution is 5.72. The summed E-state index contributed by atoms with van der Waals surface area (Å²) in [5.41, 5.74) is 1.13. The SMILES string of the molecule is CC.CC.CC(=O)NCc1ccccc1. The molecule has 0 aromatic heterocycles. The molecule has 1 aromatic carbocycles. The van der Waals surface area contributed by atoms with Crippen molar-refractivity contribution in [3.63, 3.8) is 0 Å². The van der Waals surface area contributed by atoms with Gasteiger partial charge in [0.05, 0.1) is 0 Å². The topological polar surface area (TPSA) is 29.1 Å². The van der Waals surface area contributed by atoms with Gasteiger partial charge in [-0.2, -0.15) is 0 Å². The summed E-state index contributed by atoms with van der Waals surface area (Å²) in [4.78, 5) is 10.5. The van der Waals surface area contributed by atoms with Gasteiger partial charge >= 0.3 is 0 Å². The molecule has 0 saturated carbocycles. The summed E-state index contributed by atoms with van der Waals surface area (Å²) in [6.45, 7) is 10.1. The van der Waals surface area contributed by atoms with Gasteiger partial charge in [0.1, 0.15) is 0 Å². The molecule has 0 bridgehead atoms. The zero-order valence-electron chi connectivity index (χ0n) is 10.5. The molecule has 0 aliphatic carbocycles. The van der Waals surface area contributed by atoms with E-state index in [-0.39, 0.29) is 5.91 Å². The van der Waals surface area contributed by atoms with Crippen LogP contribution in [0.5, 0.6) is 0 Å². The summed E-state index contributed by atoms with van der Waals surface area (Å²) in [5, 5.41) is 2.72. The van der Waals surface area contributed by atoms with Crippen molar-refractivity contribution in [3.05, 3.63) is 35.9 Å². The van der Waals surface area contributed by atoms with Crippen LogP contribution < -0.4 is 5.32 Å². The number of hydrogen-bond donors (Lipinski definition) is 1. The van der Waals surface area contributed by atoms with Crippen molar-refractivity contribution in [2.75, 3.05) is 0 Å². The molecule has 1 aromatic rings. The van der Waals surface area contributed by atoms with Crippen LogP contribution in [0.15, 0.2) is 30.3 Å². The van der Waals surface area contributed by atoms with Crippen LogP contribution in [0.2, 0.25) is 0 Å². The van der Waals surface area contributed by atoms with Crippen molar-refractivity contribution in [1.29, 1.82) is 0 Å². The lowest BCUT2D eigenvalue weighted by atomic mass is 10.2. The van der Waals surface area contributed by atoms with Crippen LogP contribution >= 0.6 is 0 Å². The Morgan fingerprint density at radius 1 is 1.07 bits per heavy atom. The molecule has 86 valence electrons. The first-order chi connectivity index (χ1) is 7.29. The first kappa shape index (κ1) is 16.1. The van der Waals surface area contributed by atoms with Crippen LogP contribution in [-0.4, -0.2) is 5.91 Å². The number of carbonyl (C=O) groups is 1. The van der Waals surface area contributed by atoms with E-state index in [0.717, 1.165) is 5.56 Å². The normalized spacial score (nSPS) is 7.53. The molecule has 0 unspecified atom stereocenters. The zero-order valence-corrected chi connectivity index (χ0v) is 10.5. The molecule has 1 N–H and O–H groups in total. The molecule has 0 atom stereocenters. The first-order valence-corrected chi connectivity index (χ1v) is 5.57. The molecule has 15 heavy (non-hydrogen) atoms. The Morgan fingerprint density at radius 2 is 1.53 bits per heavy atom. The number of nitrogens with one attached hydrogen (secondary N) is 1. The van der Waals surface area contributed by atoms with Gasteiger partial charge in [-0.1, -0.05) is 58.0 Å². The van der Waals surface area contributed by atoms with Gasteiger partial charge in [0, 0.05) is 13.5 Å². The van der Waals surface area contributed by atoms with Gasteiger partial charge in [-0.25, -0.2) is 0 Å². The number of amides is 1. The summed E-state index contributed by atoms with van der Waals surface area (Å²) in [5.74, 6) is 0.00820. The zero-order chi connectivity index (χ0) is 12.1. The Morgan fingerprint density at radius 3 is 1.93 bits per heavy atom. The lowest BCUT2D eigenvalue weighted by Crippen LogP contribution is -2.18. The van der Waals surface area contributed by atoms with E-state index in [1.54, 1.807) is 0 Å². The summed E-state index contributed by atoms with van der Waals surface area (Å²) in [7, 11) is 0. The number of benzene rings is 1. The molecule has 2 nitrogen and oxygen atoms in total. The Kier molecular flexibility index (Phi) is 13.6. The van der Waals surface area contributed by atoms with E-state index in [4.69, 9.17) is 0 Å². The Balaban J connectivity index is 0. The highest BCUT2D eigenvalue weighted by Gasteiger charge is 1.91. The molecule has 0 aliphatic heterocycles. The van der Waals surface area contributed by atoms with E-state index in [2.05, 4.69) is 5.32 Å². The van der Waals surface area contributed by atoms with Gasteiger partial charge in [-0.05, 0) is 5.56 Å². The van der Waals surface area contributed by atoms with E-state index in [9.17, 15) is 4.79 Å². The summed E-state index contributed by atoms with van der Waals surface area (Å²) >= 11 is 0. The van der Waals surface area contributed by atoms with Crippen LogP contribution in [-0.2, 0) is 11.3 Å². The van der Waals surface area contributed by atoms with E-state index < -0.39 is 0 Å². The molecule has 0 aliphatic rings. The second kappa shape index (κ2) is 12.7. The largest absolute Gasteiger partial charge is 0.352 e. The maximum atomic E-state index is 10.5. The fraction of sp³-hybridized carbons (Fsp3) is 0.462. The van der Waals surface area contributed by atoms with E-state index in [1.807, 2.05) is 58.0 Å². The minimum Gasteiger partial charge on any atom is -0.352 e. The highest BCUT2D eigenvalue weighted by Crippen LogP contribution is 1.96. The van der Waals surface area contributed by atoms with Crippen molar-refractivity contribution < 1.29 is 4.79 Å². The van der Waals surface area contributed by atoms with Crippen LogP contribution in [0.25, 0.3) is 0 Å². The van der Waals surface area contributed by atoms with Crippen molar-refractivity contribution in [3.8, 4) is 0 Å². The molecular weight excluding hydrogens is 186 g/mol. The number of rotatable bonds is 2. The lowest BCUT2D eigenvalue weighted by molar-refractivity contribution is -0.119. The second-order valence-corrected chi connectivity index (χ2v) is 2.40. The van der Waals surface area contributed by atoms with Gasteiger partial charge < -0.3 is 5.32 Å². The predicted molar refractivity (Wildman–Crippen MR) is 66.7 cm³/mol. The molecule has 0 radical (unpaired) electrons. The molecule has 0 saturated heterocycles. The minimum atomic E-state index is 0.00820. The van der Waals surface area contributed by atoms with Gasteiger partial charge in [0.25, 0.3) is 0 Å². The molecule has 1 amide bonds. The molecule has 0 spiro atoms. The van der Waals surface area contributed by atoms with E-state index in [1.165, 1.54) is 6.92 Å². The maximum absolute atomic E-state index is 10.5. The predicted octanol–water partition coefficient (Wildman–Crippen LogP) is 3.38. The molecule has 0 fully saturated rings. The average Bonchev–Trinajstić information content (AvgIpc) is 2.33. The smallest absolute Gasteiger partial charge is 0.217 e. The van der Waals surface area contributed by atoms with E-state index >= 15 is 0 Å². The molecule has 1 rings (SSSR count). The molecule has 0 heterocycles. The third-order valence-electron chi connectivity index (χ3n) is 1.38. The van der Waals surface area contributed by atoms with Crippen LogP contribution in [0, 0.1) is 0 Å². The fourth-order valence-corrected chi connectivity index (χ4v) is 0.822. The Labute approximate surface area is 93.7 Å². The highest BCUT2D eigenvalue weighted by atomic mass is 16.1. The van der Waals surface area contributed by atoms with Crippen molar-refractivity contribution in [2.24, 2.45) is 0 Å². The Hall–Kier alpha value is -1.31. The summed E-state index contributed by atoms with van der Waals surface area (Å²) in [6.07, 6.45) is 0. The van der Waals surface area contributed by atoms with Crippen LogP contribution in [0.3, 0.4) is 0 Å². The standard InChI is InChI=1S/C9H11NO.2C2H6/c1-8(11)10-7-9-5-3-2-4-6-9;2*1-2/h2-6H,7H2,1H3,(H,10,11);2*1-2H3. The molecular formula is C13H23NO. The lowest BCUT2D eigenvalue weighted by Gasteiger charge is -2.00. The van der Waals surface area contributed by atoms with Crippen molar-refractivity contribution in [1.82, 2.24) is 5.32 Å². The van der Waals surface area contributed by atoms with Crippen molar-refractivity contribution >= 4 is 5.91 Å². The summed E-state index contributed by atoms with van der Waals surface area (Å²) < 4.78 is 0. The molecule has 2 heteroatoms. The Bertz CT molecular complexity index is 232. The summed E-state index contributed by atoms with van der Waals surface area (Å²) in [6, 6.07) is 9.83. The van der Waals surface area contributed by atoms with Crippen LogP contribution in [0.1, 0.15) is 40.2 Å². The minimum absolute atomic E-state index is 0.00820. The number of hydrogen-bond acceptors (Lipinski definition) is 1.